The van der Waals surface area contributed by atoms with E-state index in [1.807, 2.05) is 12.1 Å². The number of likely N-dealkylation sites (tertiary alicyclic amines) is 1. The molecule has 0 radical (unpaired) electrons. The van der Waals surface area contributed by atoms with Crippen LogP contribution >= 0.6 is 0 Å². The van der Waals surface area contributed by atoms with Crippen LogP contribution in [0.5, 0.6) is 0 Å². The lowest BCUT2D eigenvalue weighted by Gasteiger charge is -2.33. The molecule has 2 atom stereocenters. The summed E-state index contributed by atoms with van der Waals surface area (Å²) in [4.78, 5) is 27.2. The van der Waals surface area contributed by atoms with Crippen LogP contribution in [0, 0.1) is 5.41 Å². The first-order chi connectivity index (χ1) is 13.0. The summed E-state index contributed by atoms with van der Waals surface area (Å²) in [6.07, 6.45) is 3.63. The van der Waals surface area contributed by atoms with Gasteiger partial charge in [-0.05, 0) is 25.0 Å². The Morgan fingerprint density at radius 3 is 2.56 bits per heavy atom. The average Bonchev–Trinajstić information content (AvgIpc) is 3.04. The number of hydrogen-bond donors (Lipinski definition) is 3. The molecule has 0 saturated carbocycles. The summed E-state index contributed by atoms with van der Waals surface area (Å²) in [6, 6.07) is 7.04. The van der Waals surface area contributed by atoms with Gasteiger partial charge in [-0.25, -0.2) is 9.28 Å². The third kappa shape index (κ3) is 3.96. The zero-order valence-corrected chi connectivity index (χ0v) is 15.7. The molecular formula is C19H28N5O3+. The highest BCUT2D eigenvalue weighted by atomic mass is 16.5. The largest absolute Gasteiger partial charge is 0.469 e. The topological polar surface area (TPSA) is 109 Å². The first-order valence-electron chi connectivity index (χ1n) is 9.40. The zero-order valence-electron chi connectivity index (χ0n) is 15.7. The molecule has 0 bridgehead atoms. The van der Waals surface area contributed by atoms with Crippen LogP contribution in [0.15, 0.2) is 24.3 Å². The van der Waals surface area contributed by atoms with E-state index in [0.29, 0.717) is 18.7 Å². The molecule has 2 unspecified atom stereocenters. The number of carbonyl (C=O) groups is 2. The number of methoxy groups -OCH3 is 1. The molecule has 2 amide bonds. The first kappa shape index (κ1) is 19.3. The second kappa shape index (κ2) is 8.06. The molecule has 8 heteroatoms. The van der Waals surface area contributed by atoms with Gasteiger partial charge in [-0.15, -0.1) is 0 Å². The highest BCUT2D eigenvalue weighted by Crippen LogP contribution is 2.30. The van der Waals surface area contributed by atoms with Gasteiger partial charge in [-0.3, -0.25) is 20.4 Å². The third-order valence-corrected chi connectivity index (χ3v) is 5.59. The van der Waals surface area contributed by atoms with E-state index in [1.54, 1.807) is 12.1 Å². The Morgan fingerprint density at radius 2 is 1.96 bits per heavy atom. The van der Waals surface area contributed by atoms with Crippen molar-refractivity contribution in [1.82, 2.24) is 14.7 Å². The predicted octanol–water partition coefficient (Wildman–Crippen LogP) is 1.38. The van der Waals surface area contributed by atoms with Crippen LogP contribution in [0.4, 0.5) is 10.5 Å². The van der Waals surface area contributed by atoms with Crippen molar-refractivity contribution in [3.8, 4) is 0 Å². The molecule has 2 heterocycles. The molecule has 27 heavy (non-hydrogen) atoms. The molecule has 2 fully saturated rings. The summed E-state index contributed by atoms with van der Waals surface area (Å²) in [6.45, 7) is 2.86. The monoisotopic (exact) mass is 374 g/mol. The van der Waals surface area contributed by atoms with Crippen molar-refractivity contribution in [3.05, 3.63) is 29.8 Å². The number of rotatable bonds is 6. The molecule has 1 aromatic carbocycles. The Morgan fingerprint density at radius 1 is 1.30 bits per heavy atom. The van der Waals surface area contributed by atoms with Crippen molar-refractivity contribution in [2.45, 2.75) is 31.8 Å². The highest BCUT2D eigenvalue weighted by Gasteiger charge is 2.50. The van der Waals surface area contributed by atoms with Gasteiger partial charge in [0.2, 0.25) is 0 Å². The molecule has 1 aromatic rings. The molecule has 0 aliphatic carbocycles. The van der Waals surface area contributed by atoms with E-state index in [1.165, 1.54) is 13.5 Å². The third-order valence-electron chi connectivity index (χ3n) is 5.59. The summed E-state index contributed by atoms with van der Waals surface area (Å²) in [5, 5.41) is 10.7. The fourth-order valence-corrected chi connectivity index (χ4v) is 3.98. The number of nitrogen functional groups attached to an aromatic ring is 1. The first-order valence-corrected chi connectivity index (χ1v) is 9.40. The molecule has 2 aliphatic heterocycles. The number of nitrogens with zero attached hydrogens (tertiary/aromatic N) is 2. The number of amidine groups is 1. The molecule has 3 rings (SSSR count). The van der Waals surface area contributed by atoms with Crippen LogP contribution in [0.1, 0.15) is 31.2 Å². The summed E-state index contributed by atoms with van der Waals surface area (Å²) in [7, 11) is 1.36. The minimum absolute atomic E-state index is 0.0141. The number of ether oxygens (including phenoxy) is 1. The Kier molecular flexibility index (Phi) is 5.76. The van der Waals surface area contributed by atoms with E-state index < -0.39 is 0 Å². The predicted molar refractivity (Wildman–Crippen MR) is 103 cm³/mol. The minimum atomic E-state index is -0.331. The quantitative estimate of drug-likeness (QED) is 0.302. The van der Waals surface area contributed by atoms with Crippen molar-refractivity contribution in [3.63, 3.8) is 0 Å². The van der Waals surface area contributed by atoms with Crippen LogP contribution in [-0.2, 0) is 9.53 Å². The van der Waals surface area contributed by atoms with Gasteiger partial charge in [-0.1, -0.05) is 6.42 Å². The fourth-order valence-electron chi connectivity index (χ4n) is 3.98. The SMILES string of the molecule is COC(=O)CC[N+]1(c2ccc(C(=N)N)cc2)CC(N2CCCCC2)NC1=O. The van der Waals surface area contributed by atoms with Crippen LogP contribution in [0.25, 0.3) is 0 Å². The Hall–Kier alpha value is -2.45. The van der Waals surface area contributed by atoms with Gasteiger partial charge in [0, 0.05) is 30.8 Å². The number of nitrogens with one attached hydrogen (secondary N) is 2. The number of quaternary nitrogens is 1. The lowest BCUT2D eigenvalue weighted by molar-refractivity contribution is -0.140. The summed E-state index contributed by atoms with van der Waals surface area (Å²) >= 11 is 0. The number of amides is 2. The fraction of sp³-hybridized carbons (Fsp3) is 0.526. The number of urea groups is 1. The second-order valence-electron chi connectivity index (χ2n) is 7.22. The lowest BCUT2D eigenvalue weighted by atomic mass is 10.1. The van der Waals surface area contributed by atoms with Crippen molar-refractivity contribution < 1.29 is 14.3 Å². The van der Waals surface area contributed by atoms with E-state index in [2.05, 4.69) is 10.2 Å². The van der Waals surface area contributed by atoms with Gasteiger partial charge in [-0.2, -0.15) is 0 Å². The van der Waals surface area contributed by atoms with Crippen molar-refractivity contribution in [1.29, 1.82) is 5.41 Å². The van der Waals surface area contributed by atoms with Gasteiger partial charge in [0.15, 0.2) is 0 Å². The Bertz CT molecular complexity index is 715. The van der Waals surface area contributed by atoms with E-state index in [-0.39, 0.29) is 34.9 Å². The van der Waals surface area contributed by atoms with Crippen LogP contribution in [0.2, 0.25) is 0 Å². The molecule has 0 spiro atoms. The standard InChI is InChI=1S/C19H27N5O3/c1-27-17(25)9-12-24(15-7-5-14(6-8-15)18(20)21)13-16(22-19(24)26)23-10-3-2-4-11-23/h5-8,16H,2-4,9-13H2,1H3,(H3-,20,21,22,26)/p+1. The number of hydrogen-bond acceptors (Lipinski definition) is 5. The van der Waals surface area contributed by atoms with E-state index >= 15 is 0 Å². The minimum Gasteiger partial charge on any atom is -0.469 e. The van der Waals surface area contributed by atoms with E-state index in [9.17, 15) is 9.59 Å². The second-order valence-corrected chi connectivity index (χ2v) is 7.22. The van der Waals surface area contributed by atoms with Crippen molar-refractivity contribution in [2.24, 2.45) is 5.73 Å². The van der Waals surface area contributed by atoms with Gasteiger partial charge in [0.05, 0.1) is 13.5 Å². The van der Waals surface area contributed by atoms with E-state index in [0.717, 1.165) is 31.6 Å². The molecule has 0 aromatic heterocycles. The van der Waals surface area contributed by atoms with Gasteiger partial charge < -0.3 is 10.5 Å². The highest BCUT2D eigenvalue weighted by molar-refractivity contribution is 5.96. The van der Waals surface area contributed by atoms with E-state index in [4.69, 9.17) is 15.9 Å². The maximum Gasteiger partial charge on any atom is 0.423 e. The number of esters is 1. The number of benzene rings is 1. The maximum atomic E-state index is 13.1. The number of nitrogens with two attached hydrogens (primary N) is 1. The van der Waals surface area contributed by atoms with Crippen LogP contribution < -0.4 is 15.5 Å². The molecule has 2 aliphatic rings. The maximum absolute atomic E-state index is 13.1. The molecule has 146 valence electrons. The lowest BCUT2D eigenvalue weighted by Crippen LogP contribution is -2.53. The normalized spacial score (nSPS) is 25.8. The summed E-state index contributed by atoms with van der Waals surface area (Å²) in [5.41, 5.74) is 6.95. The summed E-state index contributed by atoms with van der Waals surface area (Å²) < 4.78 is 4.83. The number of piperidine rings is 1. The van der Waals surface area contributed by atoms with Crippen LogP contribution in [0.3, 0.4) is 0 Å². The molecule has 8 nitrogen and oxygen atoms in total. The molecular weight excluding hydrogens is 346 g/mol. The average molecular weight is 374 g/mol. The van der Waals surface area contributed by atoms with Gasteiger partial charge in [0.25, 0.3) is 0 Å². The number of carbonyl (C=O) groups excluding carboxylic acids is 2. The van der Waals surface area contributed by atoms with Gasteiger partial charge >= 0.3 is 12.0 Å². The van der Waals surface area contributed by atoms with Crippen molar-refractivity contribution in [2.75, 3.05) is 33.3 Å². The zero-order chi connectivity index (χ0) is 19.4. The van der Waals surface area contributed by atoms with Gasteiger partial charge in [0.1, 0.15) is 30.8 Å². The van der Waals surface area contributed by atoms with Crippen LogP contribution in [-0.4, -0.2) is 62.2 Å². The Labute approximate surface area is 159 Å². The Balaban J connectivity index is 1.88. The van der Waals surface area contributed by atoms with Crippen molar-refractivity contribution >= 4 is 23.5 Å². The smallest absolute Gasteiger partial charge is 0.423 e. The summed E-state index contributed by atoms with van der Waals surface area (Å²) in [5.74, 6) is -0.346. The molecule has 4 N–H and O–H groups in total. The molecule has 2 saturated heterocycles.